The van der Waals surface area contributed by atoms with Crippen molar-refractivity contribution in [1.82, 2.24) is 15.0 Å². The third-order valence-electron chi connectivity index (χ3n) is 3.06. The molecule has 0 aliphatic carbocycles. The van der Waals surface area contributed by atoms with Gasteiger partial charge in [-0.25, -0.2) is 9.97 Å². The van der Waals surface area contributed by atoms with Crippen LogP contribution in [0.5, 0.6) is 0 Å². The molecule has 0 saturated heterocycles. The van der Waals surface area contributed by atoms with E-state index in [0.29, 0.717) is 6.54 Å². The van der Waals surface area contributed by atoms with Gasteiger partial charge >= 0.3 is 0 Å². The smallest absolute Gasteiger partial charge is 0.181 e. The summed E-state index contributed by atoms with van der Waals surface area (Å²) < 4.78 is 5.29. The summed E-state index contributed by atoms with van der Waals surface area (Å²) in [6, 6.07) is 5.88. The van der Waals surface area contributed by atoms with E-state index >= 15 is 0 Å². The molecule has 3 aromatic rings. The van der Waals surface area contributed by atoms with Gasteiger partial charge in [-0.15, -0.1) is 0 Å². The van der Waals surface area contributed by atoms with E-state index in [1.54, 1.807) is 0 Å². The monoisotopic (exact) mass is 242 g/mol. The number of aromatic nitrogens is 3. The zero-order chi connectivity index (χ0) is 12.5. The summed E-state index contributed by atoms with van der Waals surface area (Å²) in [7, 11) is 0. The number of aromatic amines is 1. The fraction of sp³-hybridized carbons (Fsp3) is 0.231. The van der Waals surface area contributed by atoms with E-state index in [-0.39, 0.29) is 5.92 Å². The van der Waals surface area contributed by atoms with Gasteiger partial charge < -0.3 is 15.1 Å². The van der Waals surface area contributed by atoms with E-state index in [4.69, 9.17) is 10.2 Å². The quantitative estimate of drug-likeness (QED) is 0.738. The molecule has 0 aliphatic heterocycles. The second kappa shape index (κ2) is 4.27. The molecule has 3 N–H and O–H groups in total. The maximum atomic E-state index is 5.63. The van der Waals surface area contributed by atoms with Crippen LogP contribution in [0.15, 0.2) is 35.2 Å². The van der Waals surface area contributed by atoms with Crippen molar-refractivity contribution in [2.24, 2.45) is 5.73 Å². The van der Waals surface area contributed by atoms with Gasteiger partial charge in [-0.2, -0.15) is 0 Å². The molecule has 0 saturated carbocycles. The first kappa shape index (κ1) is 11.0. The van der Waals surface area contributed by atoms with E-state index in [1.165, 1.54) is 6.39 Å². The molecular weight excluding hydrogens is 228 g/mol. The minimum absolute atomic E-state index is 0.229. The number of H-pyrrole nitrogens is 1. The van der Waals surface area contributed by atoms with E-state index in [9.17, 15) is 0 Å². The second-order valence-corrected chi connectivity index (χ2v) is 4.35. The minimum Gasteiger partial charge on any atom is -0.443 e. The van der Waals surface area contributed by atoms with Crippen LogP contribution in [0, 0.1) is 0 Å². The lowest BCUT2D eigenvalue weighted by Crippen LogP contribution is -2.10. The van der Waals surface area contributed by atoms with Gasteiger partial charge in [-0.1, -0.05) is 13.0 Å². The Kier molecular flexibility index (Phi) is 2.60. The molecule has 0 fully saturated rings. The minimum atomic E-state index is 0.229. The lowest BCUT2D eigenvalue weighted by Gasteiger charge is -2.03. The second-order valence-electron chi connectivity index (χ2n) is 4.35. The first-order valence-corrected chi connectivity index (χ1v) is 5.86. The molecule has 18 heavy (non-hydrogen) atoms. The highest BCUT2D eigenvalue weighted by molar-refractivity contribution is 5.78. The average Bonchev–Trinajstić information content (AvgIpc) is 3.05. The van der Waals surface area contributed by atoms with Crippen LogP contribution in [0.2, 0.25) is 0 Å². The number of imidazole rings is 1. The Hall–Kier alpha value is -2.14. The highest BCUT2D eigenvalue weighted by Crippen LogP contribution is 2.23. The molecule has 0 radical (unpaired) electrons. The number of fused-ring (bicyclic) bond motifs is 1. The number of rotatable bonds is 3. The maximum absolute atomic E-state index is 5.63. The van der Waals surface area contributed by atoms with Crippen LogP contribution < -0.4 is 5.73 Å². The summed E-state index contributed by atoms with van der Waals surface area (Å²) in [5, 5.41) is 0. The van der Waals surface area contributed by atoms with Crippen molar-refractivity contribution >= 4 is 11.1 Å². The topological polar surface area (TPSA) is 80.7 Å². The van der Waals surface area contributed by atoms with Crippen molar-refractivity contribution < 1.29 is 4.42 Å². The number of oxazole rings is 1. The van der Waals surface area contributed by atoms with Gasteiger partial charge in [0.15, 0.2) is 12.0 Å². The highest BCUT2D eigenvalue weighted by Gasteiger charge is 2.10. The number of benzene rings is 1. The van der Waals surface area contributed by atoms with Gasteiger partial charge in [0.25, 0.3) is 0 Å². The molecule has 2 aromatic heterocycles. The molecule has 1 unspecified atom stereocenters. The Labute approximate surface area is 104 Å². The van der Waals surface area contributed by atoms with Crippen LogP contribution in [-0.2, 0) is 0 Å². The molecule has 2 heterocycles. The molecule has 1 aromatic carbocycles. The molecule has 3 rings (SSSR count). The third kappa shape index (κ3) is 1.78. The molecule has 5 nitrogen and oxygen atoms in total. The lowest BCUT2D eigenvalue weighted by atomic mass is 10.1. The van der Waals surface area contributed by atoms with Crippen molar-refractivity contribution in [1.29, 1.82) is 0 Å². The number of hydrogen-bond acceptors (Lipinski definition) is 4. The Balaban J connectivity index is 2.00. The summed E-state index contributed by atoms with van der Waals surface area (Å²) in [6.07, 6.45) is 3.27. The predicted molar refractivity (Wildman–Crippen MR) is 69.1 cm³/mol. The van der Waals surface area contributed by atoms with Gasteiger partial charge in [0.2, 0.25) is 0 Å². The third-order valence-corrected chi connectivity index (χ3v) is 3.06. The highest BCUT2D eigenvalue weighted by atomic mass is 16.3. The van der Waals surface area contributed by atoms with E-state index < -0.39 is 0 Å². The number of nitrogens with two attached hydrogens (primary N) is 1. The van der Waals surface area contributed by atoms with Gasteiger partial charge in [0.1, 0.15) is 11.3 Å². The lowest BCUT2D eigenvalue weighted by molar-refractivity contribution is 0.602. The zero-order valence-corrected chi connectivity index (χ0v) is 10.1. The first-order chi connectivity index (χ1) is 8.78. The van der Waals surface area contributed by atoms with E-state index in [1.807, 2.05) is 31.3 Å². The van der Waals surface area contributed by atoms with Gasteiger partial charge in [-0.05, 0) is 12.1 Å². The Bertz CT molecular complexity index is 670. The standard InChI is InChI=1S/C13H14N4O/c1-8(5-14)13-15-6-11(17-13)9-2-3-10-12(4-9)18-7-16-10/h2-4,6-8H,5,14H2,1H3,(H,15,17). The molecule has 92 valence electrons. The fourth-order valence-corrected chi connectivity index (χ4v) is 1.87. The molecule has 1 atom stereocenters. The number of nitrogens with one attached hydrogen (secondary N) is 1. The predicted octanol–water partition coefficient (Wildman–Crippen LogP) is 2.28. The van der Waals surface area contributed by atoms with Crippen LogP contribution in [-0.4, -0.2) is 21.5 Å². The molecule has 0 spiro atoms. The molecule has 0 bridgehead atoms. The largest absolute Gasteiger partial charge is 0.443 e. The number of nitrogens with zero attached hydrogens (tertiary/aromatic N) is 2. The maximum Gasteiger partial charge on any atom is 0.181 e. The van der Waals surface area contributed by atoms with Gasteiger partial charge in [0.05, 0.1) is 11.9 Å². The van der Waals surface area contributed by atoms with Crippen LogP contribution in [0.3, 0.4) is 0 Å². The summed E-state index contributed by atoms with van der Waals surface area (Å²) in [4.78, 5) is 11.7. The molecule has 0 amide bonds. The summed E-state index contributed by atoms with van der Waals surface area (Å²) in [6.45, 7) is 2.62. The van der Waals surface area contributed by atoms with Crippen LogP contribution in [0.1, 0.15) is 18.7 Å². The fourth-order valence-electron chi connectivity index (χ4n) is 1.87. The van der Waals surface area contributed by atoms with Crippen LogP contribution in [0.25, 0.3) is 22.4 Å². The first-order valence-electron chi connectivity index (χ1n) is 5.86. The zero-order valence-electron chi connectivity index (χ0n) is 10.1. The van der Waals surface area contributed by atoms with Crippen molar-refractivity contribution in [2.75, 3.05) is 6.54 Å². The normalized spacial score (nSPS) is 13.0. The van der Waals surface area contributed by atoms with Crippen molar-refractivity contribution in [2.45, 2.75) is 12.8 Å². The van der Waals surface area contributed by atoms with Crippen molar-refractivity contribution in [3.8, 4) is 11.3 Å². The van der Waals surface area contributed by atoms with Crippen LogP contribution in [0.4, 0.5) is 0 Å². The Morgan fingerprint density at radius 1 is 1.39 bits per heavy atom. The van der Waals surface area contributed by atoms with Crippen molar-refractivity contribution in [3.05, 3.63) is 36.6 Å². The van der Waals surface area contributed by atoms with E-state index in [0.717, 1.165) is 28.2 Å². The molecule has 0 aliphatic rings. The average molecular weight is 242 g/mol. The Morgan fingerprint density at radius 3 is 3.11 bits per heavy atom. The Morgan fingerprint density at radius 2 is 2.28 bits per heavy atom. The molecular formula is C13H14N4O. The van der Waals surface area contributed by atoms with E-state index in [2.05, 4.69) is 15.0 Å². The van der Waals surface area contributed by atoms with Crippen molar-refractivity contribution in [3.63, 3.8) is 0 Å². The summed E-state index contributed by atoms with van der Waals surface area (Å²) in [5.74, 6) is 1.14. The SMILES string of the molecule is CC(CN)c1ncc(-c2ccc3ncoc3c2)[nH]1. The molecule has 5 heteroatoms. The number of hydrogen-bond donors (Lipinski definition) is 2. The van der Waals surface area contributed by atoms with Gasteiger partial charge in [0, 0.05) is 18.0 Å². The van der Waals surface area contributed by atoms with Crippen LogP contribution >= 0.6 is 0 Å². The summed E-state index contributed by atoms with van der Waals surface area (Å²) in [5.41, 5.74) is 9.25. The summed E-state index contributed by atoms with van der Waals surface area (Å²) >= 11 is 0. The van der Waals surface area contributed by atoms with Gasteiger partial charge in [-0.3, -0.25) is 0 Å².